The second kappa shape index (κ2) is 7.45. The molecule has 1 aliphatic rings. The Morgan fingerprint density at radius 3 is 2.71 bits per heavy atom. The molecule has 2 unspecified atom stereocenters. The van der Waals surface area contributed by atoms with E-state index in [1.165, 1.54) is 19.3 Å². The van der Waals surface area contributed by atoms with Crippen molar-refractivity contribution < 1.29 is 4.79 Å². The molecule has 1 saturated heterocycles. The normalized spacial score (nSPS) is 20.6. The smallest absolute Gasteiger partial charge is 0.237 e. The maximum atomic E-state index is 11.7. The quantitative estimate of drug-likeness (QED) is 0.677. The summed E-state index contributed by atoms with van der Waals surface area (Å²) < 4.78 is 0. The number of hydrogen-bond donors (Lipinski definition) is 2. The fourth-order valence-electron chi connectivity index (χ4n) is 2.21. The first-order chi connectivity index (χ1) is 8.13. The lowest BCUT2D eigenvalue weighted by Crippen LogP contribution is -2.48. The minimum absolute atomic E-state index is 0.0746. The van der Waals surface area contributed by atoms with Crippen molar-refractivity contribution in [1.29, 1.82) is 0 Å². The van der Waals surface area contributed by atoms with Crippen LogP contribution in [-0.2, 0) is 4.79 Å². The highest BCUT2D eigenvalue weighted by Gasteiger charge is 2.17. The Hall–Kier alpha value is -0.870. The van der Waals surface area contributed by atoms with Crippen molar-refractivity contribution >= 4 is 5.91 Å². The third-order valence-electron chi connectivity index (χ3n) is 3.13. The zero-order valence-electron chi connectivity index (χ0n) is 10.8. The number of carbonyl (C=O) groups is 1. The van der Waals surface area contributed by atoms with Crippen molar-refractivity contribution in [3.8, 4) is 0 Å². The molecular formula is C13H25N3O. The van der Waals surface area contributed by atoms with Gasteiger partial charge >= 0.3 is 0 Å². The van der Waals surface area contributed by atoms with Crippen LogP contribution in [0.2, 0.25) is 0 Å². The van der Waals surface area contributed by atoms with Crippen LogP contribution in [0.1, 0.15) is 32.6 Å². The number of nitrogens with one attached hydrogen (secondary N) is 1. The van der Waals surface area contributed by atoms with Gasteiger partial charge in [0.05, 0.1) is 6.04 Å². The van der Waals surface area contributed by atoms with Gasteiger partial charge in [-0.1, -0.05) is 12.5 Å². The summed E-state index contributed by atoms with van der Waals surface area (Å²) in [5, 5.41) is 2.96. The van der Waals surface area contributed by atoms with E-state index in [2.05, 4.69) is 16.8 Å². The lowest BCUT2D eigenvalue weighted by Gasteiger charge is -2.29. The Bertz CT molecular complexity index is 249. The van der Waals surface area contributed by atoms with E-state index in [4.69, 9.17) is 5.73 Å². The number of nitrogens with two attached hydrogens (primary N) is 1. The average molecular weight is 239 g/mol. The third-order valence-corrected chi connectivity index (χ3v) is 3.13. The number of likely N-dealkylation sites (tertiary alicyclic amines) is 1. The summed E-state index contributed by atoms with van der Waals surface area (Å²) >= 11 is 0. The summed E-state index contributed by atoms with van der Waals surface area (Å²) in [5.41, 5.74) is 5.71. The minimum Gasteiger partial charge on any atom is -0.351 e. The Kier molecular flexibility index (Phi) is 6.22. The fraction of sp³-hybridized carbons (Fsp3) is 0.769. The zero-order chi connectivity index (χ0) is 12.7. The molecule has 0 spiro atoms. The fourth-order valence-corrected chi connectivity index (χ4v) is 2.21. The monoisotopic (exact) mass is 239 g/mol. The molecule has 2 atom stereocenters. The van der Waals surface area contributed by atoms with Crippen LogP contribution in [0.4, 0.5) is 0 Å². The Morgan fingerprint density at radius 2 is 2.12 bits per heavy atom. The summed E-state index contributed by atoms with van der Waals surface area (Å²) in [4.78, 5) is 14.1. The van der Waals surface area contributed by atoms with E-state index in [9.17, 15) is 4.79 Å². The molecule has 0 aliphatic carbocycles. The van der Waals surface area contributed by atoms with Crippen LogP contribution in [0.3, 0.4) is 0 Å². The van der Waals surface area contributed by atoms with Crippen LogP contribution in [0, 0.1) is 0 Å². The van der Waals surface area contributed by atoms with Gasteiger partial charge in [0.15, 0.2) is 0 Å². The van der Waals surface area contributed by atoms with E-state index in [0.717, 1.165) is 19.6 Å². The molecular weight excluding hydrogens is 214 g/mol. The molecule has 1 rings (SSSR count). The molecule has 3 N–H and O–H groups in total. The van der Waals surface area contributed by atoms with E-state index in [0.29, 0.717) is 6.42 Å². The molecule has 1 fully saturated rings. The average Bonchev–Trinajstić information content (AvgIpc) is 2.30. The predicted molar refractivity (Wildman–Crippen MR) is 70.7 cm³/mol. The molecule has 0 aromatic carbocycles. The summed E-state index contributed by atoms with van der Waals surface area (Å²) in [6.07, 6.45) is 6.09. The molecule has 0 aromatic heterocycles. The molecule has 1 heterocycles. The second-order valence-corrected chi connectivity index (χ2v) is 4.90. The Balaban J connectivity index is 2.25. The van der Waals surface area contributed by atoms with E-state index < -0.39 is 6.04 Å². The SMILES string of the molecule is C=CCC(N)C(=O)NC(C)CN1CCCCC1. The van der Waals surface area contributed by atoms with Crippen molar-refractivity contribution in [3.05, 3.63) is 12.7 Å². The Labute approximate surface area is 104 Å². The number of piperidine rings is 1. The first kappa shape index (κ1) is 14.2. The number of amides is 1. The molecule has 1 aliphatic heterocycles. The largest absolute Gasteiger partial charge is 0.351 e. The number of hydrogen-bond acceptors (Lipinski definition) is 3. The summed E-state index contributed by atoms with van der Waals surface area (Å²) in [6, 6.07) is -0.298. The third kappa shape index (κ3) is 5.33. The van der Waals surface area contributed by atoms with Gasteiger partial charge in [0.25, 0.3) is 0 Å². The topological polar surface area (TPSA) is 58.4 Å². The lowest BCUT2D eigenvalue weighted by atomic mass is 10.1. The number of rotatable bonds is 6. The van der Waals surface area contributed by atoms with Gasteiger partial charge in [-0.05, 0) is 39.3 Å². The molecule has 0 saturated carbocycles. The van der Waals surface area contributed by atoms with Crippen LogP contribution in [0.5, 0.6) is 0 Å². The van der Waals surface area contributed by atoms with Crippen molar-refractivity contribution in [2.45, 2.75) is 44.7 Å². The van der Waals surface area contributed by atoms with Crippen molar-refractivity contribution in [2.75, 3.05) is 19.6 Å². The van der Waals surface area contributed by atoms with E-state index in [1.54, 1.807) is 6.08 Å². The van der Waals surface area contributed by atoms with Crippen LogP contribution < -0.4 is 11.1 Å². The molecule has 0 radical (unpaired) electrons. The number of carbonyl (C=O) groups excluding carboxylic acids is 1. The van der Waals surface area contributed by atoms with Gasteiger partial charge in [-0.2, -0.15) is 0 Å². The molecule has 0 aromatic rings. The minimum atomic E-state index is -0.462. The first-order valence-corrected chi connectivity index (χ1v) is 6.52. The van der Waals surface area contributed by atoms with Gasteiger partial charge in [0.1, 0.15) is 0 Å². The lowest BCUT2D eigenvalue weighted by molar-refractivity contribution is -0.123. The molecule has 4 nitrogen and oxygen atoms in total. The summed E-state index contributed by atoms with van der Waals surface area (Å²) in [7, 11) is 0. The van der Waals surface area contributed by atoms with Crippen LogP contribution in [-0.4, -0.2) is 42.5 Å². The molecule has 17 heavy (non-hydrogen) atoms. The van der Waals surface area contributed by atoms with Gasteiger partial charge in [-0.25, -0.2) is 0 Å². The second-order valence-electron chi connectivity index (χ2n) is 4.90. The van der Waals surface area contributed by atoms with Crippen molar-refractivity contribution in [3.63, 3.8) is 0 Å². The highest BCUT2D eigenvalue weighted by molar-refractivity contribution is 5.81. The summed E-state index contributed by atoms with van der Waals surface area (Å²) in [5.74, 6) is -0.0746. The maximum absolute atomic E-state index is 11.7. The van der Waals surface area contributed by atoms with Gasteiger partial charge in [-0.3, -0.25) is 4.79 Å². The van der Waals surface area contributed by atoms with E-state index in [-0.39, 0.29) is 11.9 Å². The highest BCUT2D eigenvalue weighted by atomic mass is 16.2. The number of nitrogens with zero attached hydrogens (tertiary/aromatic N) is 1. The van der Waals surface area contributed by atoms with Crippen LogP contribution in [0.15, 0.2) is 12.7 Å². The Morgan fingerprint density at radius 1 is 1.47 bits per heavy atom. The molecule has 1 amide bonds. The predicted octanol–water partition coefficient (Wildman–Crippen LogP) is 0.880. The van der Waals surface area contributed by atoms with Gasteiger partial charge in [-0.15, -0.1) is 6.58 Å². The van der Waals surface area contributed by atoms with E-state index >= 15 is 0 Å². The molecule has 0 bridgehead atoms. The van der Waals surface area contributed by atoms with Gasteiger partial charge < -0.3 is 16.0 Å². The van der Waals surface area contributed by atoms with Gasteiger partial charge in [0, 0.05) is 12.6 Å². The standard InChI is InChI=1S/C13H25N3O/c1-3-7-12(14)13(17)15-11(2)10-16-8-5-4-6-9-16/h3,11-12H,1,4-10,14H2,2H3,(H,15,17). The zero-order valence-corrected chi connectivity index (χ0v) is 10.8. The highest BCUT2D eigenvalue weighted by Crippen LogP contribution is 2.08. The molecule has 4 heteroatoms. The summed E-state index contributed by atoms with van der Waals surface area (Å²) in [6.45, 7) is 8.85. The van der Waals surface area contributed by atoms with Crippen LogP contribution in [0.25, 0.3) is 0 Å². The van der Waals surface area contributed by atoms with E-state index in [1.807, 2.05) is 6.92 Å². The molecule has 98 valence electrons. The van der Waals surface area contributed by atoms with Crippen molar-refractivity contribution in [2.24, 2.45) is 5.73 Å². The van der Waals surface area contributed by atoms with Crippen LogP contribution >= 0.6 is 0 Å². The maximum Gasteiger partial charge on any atom is 0.237 e. The van der Waals surface area contributed by atoms with Crippen molar-refractivity contribution in [1.82, 2.24) is 10.2 Å². The van der Waals surface area contributed by atoms with Gasteiger partial charge in [0.2, 0.25) is 5.91 Å². The first-order valence-electron chi connectivity index (χ1n) is 6.52.